The summed E-state index contributed by atoms with van der Waals surface area (Å²) in [5.74, 6) is 0.825. The lowest BCUT2D eigenvalue weighted by molar-refractivity contribution is 0.0893. The molecular weight excluding hydrogens is 216 g/mol. The second-order valence-corrected chi connectivity index (χ2v) is 5.70. The highest BCUT2D eigenvalue weighted by Crippen LogP contribution is 2.44. The fourth-order valence-electron chi connectivity index (χ4n) is 2.77. The number of likely N-dealkylation sites (N-methyl/N-ethyl adjacent to an activating group) is 1. The van der Waals surface area contributed by atoms with Crippen LogP contribution in [0.25, 0.3) is 0 Å². The van der Waals surface area contributed by atoms with Crippen LogP contribution in [-0.2, 0) is 6.54 Å². The summed E-state index contributed by atoms with van der Waals surface area (Å²) in [6, 6.07) is 2.21. The van der Waals surface area contributed by atoms with Crippen molar-refractivity contribution in [1.82, 2.24) is 4.90 Å². The van der Waals surface area contributed by atoms with Gasteiger partial charge in [-0.25, -0.2) is 0 Å². The van der Waals surface area contributed by atoms with E-state index in [0.29, 0.717) is 0 Å². The van der Waals surface area contributed by atoms with Crippen molar-refractivity contribution in [2.24, 2.45) is 11.7 Å². The third-order valence-electron chi connectivity index (χ3n) is 4.06. The first kappa shape index (κ1) is 12.1. The normalized spacial score (nSPS) is 20.0. The third kappa shape index (κ3) is 2.17. The van der Waals surface area contributed by atoms with E-state index in [-0.39, 0.29) is 5.54 Å². The van der Waals surface area contributed by atoms with E-state index in [2.05, 4.69) is 35.7 Å². The molecule has 1 aliphatic rings. The van der Waals surface area contributed by atoms with Crippen molar-refractivity contribution in [2.45, 2.75) is 38.3 Å². The van der Waals surface area contributed by atoms with Gasteiger partial charge in [-0.05, 0) is 54.6 Å². The minimum atomic E-state index is 0.238. The Labute approximate surface area is 102 Å². The van der Waals surface area contributed by atoms with Gasteiger partial charge in [0, 0.05) is 18.6 Å². The average Bonchev–Trinajstić information content (AvgIpc) is 3.01. The van der Waals surface area contributed by atoms with Crippen molar-refractivity contribution in [3.8, 4) is 0 Å². The zero-order valence-corrected chi connectivity index (χ0v) is 11.1. The fraction of sp³-hybridized carbons (Fsp3) is 0.692. The number of rotatable bonds is 6. The quantitative estimate of drug-likeness (QED) is 0.825. The van der Waals surface area contributed by atoms with Crippen LogP contribution in [0.4, 0.5) is 0 Å². The summed E-state index contributed by atoms with van der Waals surface area (Å²) in [6.07, 6.45) is 3.88. The molecule has 2 nitrogen and oxygen atoms in total. The van der Waals surface area contributed by atoms with Gasteiger partial charge in [0.1, 0.15) is 0 Å². The van der Waals surface area contributed by atoms with Crippen LogP contribution in [0.3, 0.4) is 0 Å². The number of nitrogens with zero attached hydrogens (tertiary/aromatic N) is 1. The van der Waals surface area contributed by atoms with Gasteiger partial charge in [-0.1, -0.05) is 6.92 Å². The first-order valence-electron chi connectivity index (χ1n) is 6.15. The molecule has 0 aromatic carbocycles. The van der Waals surface area contributed by atoms with Gasteiger partial charge in [-0.3, -0.25) is 4.90 Å². The Kier molecular flexibility index (Phi) is 3.67. The van der Waals surface area contributed by atoms with E-state index < -0.39 is 0 Å². The van der Waals surface area contributed by atoms with E-state index >= 15 is 0 Å². The van der Waals surface area contributed by atoms with E-state index in [1.165, 1.54) is 18.4 Å². The molecule has 1 atom stereocenters. The summed E-state index contributed by atoms with van der Waals surface area (Å²) in [5.41, 5.74) is 7.70. The summed E-state index contributed by atoms with van der Waals surface area (Å²) < 4.78 is 0. The average molecular weight is 238 g/mol. The van der Waals surface area contributed by atoms with E-state index in [4.69, 9.17) is 5.73 Å². The smallest absolute Gasteiger partial charge is 0.0357 e. The maximum Gasteiger partial charge on any atom is 0.0357 e. The molecule has 1 aromatic rings. The molecule has 16 heavy (non-hydrogen) atoms. The first-order valence-corrected chi connectivity index (χ1v) is 7.09. The Morgan fingerprint density at radius 1 is 1.56 bits per heavy atom. The summed E-state index contributed by atoms with van der Waals surface area (Å²) in [6.45, 7) is 4.09. The molecule has 0 saturated heterocycles. The summed E-state index contributed by atoms with van der Waals surface area (Å²) >= 11 is 1.77. The monoisotopic (exact) mass is 238 g/mol. The maximum absolute atomic E-state index is 6.05. The molecule has 1 aliphatic carbocycles. The van der Waals surface area contributed by atoms with Crippen LogP contribution < -0.4 is 5.73 Å². The lowest BCUT2D eigenvalue weighted by Gasteiger charge is -2.41. The van der Waals surface area contributed by atoms with Gasteiger partial charge in [0.2, 0.25) is 0 Å². The van der Waals surface area contributed by atoms with Crippen LogP contribution in [0.2, 0.25) is 0 Å². The van der Waals surface area contributed by atoms with Crippen LogP contribution in [0, 0.1) is 5.92 Å². The van der Waals surface area contributed by atoms with E-state index in [1.54, 1.807) is 11.3 Å². The van der Waals surface area contributed by atoms with Crippen molar-refractivity contribution in [2.75, 3.05) is 13.6 Å². The van der Waals surface area contributed by atoms with E-state index in [9.17, 15) is 0 Å². The summed E-state index contributed by atoms with van der Waals surface area (Å²) in [5, 5.41) is 4.39. The van der Waals surface area contributed by atoms with Crippen LogP contribution >= 0.6 is 11.3 Å². The number of nitrogens with two attached hydrogens (primary N) is 1. The van der Waals surface area contributed by atoms with E-state index in [1.807, 2.05) is 0 Å². The molecule has 2 N–H and O–H groups in total. The second kappa shape index (κ2) is 4.86. The third-order valence-corrected chi connectivity index (χ3v) is 4.80. The first-order chi connectivity index (χ1) is 7.73. The minimum Gasteiger partial charge on any atom is -0.329 e. The van der Waals surface area contributed by atoms with Crippen molar-refractivity contribution in [1.29, 1.82) is 0 Å². The lowest BCUT2D eigenvalue weighted by atomic mass is 9.88. The lowest BCUT2D eigenvalue weighted by Crippen LogP contribution is -2.53. The maximum atomic E-state index is 6.05. The molecule has 1 heterocycles. The van der Waals surface area contributed by atoms with Crippen LogP contribution in [0.1, 0.15) is 31.7 Å². The highest BCUT2D eigenvalue weighted by Gasteiger charge is 2.45. The predicted molar refractivity (Wildman–Crippen MR) is 70.6 cm³/mol. The Bertz CT molecular complexity index is 313. The molecule has 0 bridgehead atoms. The molecule has 3 heteroatoms. The van der Waals surface area contributed by atoms with Gasteiger partial charge in [0.25, 0.3) is 0 Å². The number of thiophene rings is 1. The molecule has 1 fully saturated rings. The van der Waals surface area contributed by atoms with Crippen molar-refractivity contribution < 1.29 is 0 Å². The molecule has 2 rings (SSSR count). The Balaban J connectivity index is 2.07. The Morgan fingerprint density at radius 3 is 2.75 bits per heavy atom. The minimum absolute atomic E-state index is 0.238. The van der Waals surface area contributed by atoms with Gasteiger partial charge >= 0.3 is 0 Å². The van der Waals surface area contributed by atoms with Crippen molar-refractivity contribution in [3.05, 3.63) is 22.4 Å². The van der Waals surface area contributed by atoms with Crippen LogP contribution in [0.5, 0.6) is 0 Å². The predicted octanol–water partition coefficient (Wildman–Crippen LogP) is 2.70. The van der Waals surface area contributed by atoms with Gasteiger partial charge in [0.05, 0.1) is 0 Å². The molecule has 1 saturated carbocycles. The largest absolute Gasteiger partial charge is 0.329 e. The van der Waals surface area contributed by atoms with E-state index in [0.717, 1.165) is 25.4 Å². The van der Waals surface area contributed by atoms with Crippen LogP contribution in [0.15, 0.2) is 16.8 Å². The zero-order valence-electron chi connectivity index (χ0n) is 10.3. The number of hydrogen-bond donors (Lipinski definition) is 1. The molecule has 0 amide bonds. The molecule has 1 aromatic heterocycles. The van der Waals surface area contributed by atoms with Crippen LogP contribution in [-0.4, -0.2) is 24.0 Å². The van der Waals surface area contributed by atoms with Gasteiger partial charge in [-0.15, -0.1) is 0 Å². The standard InChI is InChI=1S/C13H22N2S/c1-3-13(10-14,12-4-5-12)15(2)8-11-6-7-16-9-11/h6-7,9,12H,3-5,8,10,14H2,1-2H3. The Hall–Kier alpha value is -0.380. The van der Waals surface area contributed by atoms with Gasteiger partial charge < -0.3 is 5.73 Å². The number of hydrogen-bond acceptors (Lipinski definition) is 3. The summed E-state index contributed by atoms with van der Waals surface area (Å²) in [7, 11) is 2.23. The fourth-order valence-corrected chi connectivity index (χ4v) is 3.43. The van der Waals surface area contributed by atoms with Gasteiger partial charge in [-0.2, -0.15) is 11.3 Å². The molecule has 1 unspecified atom stereocenters. The molecule has 0 aliphatic heterocycles. The molecular formula is C13H22N2S. The molecule has 90 valence electrons. The SMILES string of the molecule is CCC(CN)(C1CC1)N(C)Cc1ccsc1. The second-order valence-electron chi connectivity index (χ2n) is 4.92. The van der Waals surface area contributed by atoms with Crippen molar-refractivity contribution >= 4 is 11.3 Å². The Morgan fingerprint density at radius 2 is 2.31 bits per heavy atom. The highest BCUT2D eigenvalue weighted by atomic mass is 32.1. The topological polar surface area (TPSA) is 29.3 Å². The summed E-state index contributed by atoms with van der Waals surface area (Å²) in [4.78, 5) is 2.48. The van der Waals surface area contributed by atoms with Gasteiger partial charge in [0.15, 0.2) is 0 Å². The molecule has 0 spiro atoms. The van der Waals surface area contributed by atoms with Crippen molar-refractivity contribution in [3.63, 3.8) is 0 Å². The molecule has 0 radical (unpaired) electrons. The zero-order chi connectivity index (χ0) is 11.6. The highest BCUT2D eigenvalue weighted by molar-refractivity contribution is 7.07.